The molecule has 0 amide bonds. The lowest BCUT2D eigenvalue weighted by Gasteiger charge is -2.25. The highest BCUT2D eigenvalue weighted by Gasteiger charge is 2.25. The largest absolute Gasteiger partial charge is 0.292 e. The Hall–Kier alpha value is -2.74. The van der Waals surface area contributed by atoms with Gasteiger partial charge in [-0.2, -0.15) is 0 Å². The van der Waals surface area contributed by atoms with Crippen LogP contribution in [0.25, 0.3) is 16.8 Å². The van der Waals surface area contributed by atoms with Gasteiger partial charge in [-0.3, -0.25) is 4.99 Å². The molecule has 0 saturated heterocycles. The Bertz CT molecular complexity index is 950. The van der Waals surface area contributed by atoms with Crippen LogP contribution in [-0.2, 0) is 12.0 Å². The Balaban J connectivity index is 2.02. The van der Waals surface area contributed by atoms with E-state index in [-0.39, 0.29) is 5.41 Å². The third kappa shape index (κ3) is 3.60. The van der Waals surface area contributed by atoms with Crippen LogP contribution in [0.2, 0.25) is 0 Å². The number of hydrogen-bond donors (Lipinski definition) is 0. The SMILES string of the molecule is CC[n+]1cc(/C=C/C(=NC)C(C)(C)c2ccccc2)c2ccccc2c1. The van der Waals surface area contributed by atoms with Crippen molar-refractivity contribution >= 4 is 22.6 Å². The van der Waals surface area contributed by atoms with Crippen LogP contribution >= 0.6 is 0 Å². The van der Waals surface area contributed by atoms with Crippen molar-refractivity contribution in [3.8, 4) is 0 Å². The van der Waals surface area contributed by atoms with Gasteiger partial charge in [0.15, 0.2) is 12.4 Å². The van der Waals surface area contributed by atoms with E-state index < -0.39 is 0 Å². The highest BCUT2D eigenvalue weighted by molar-refractivity contribution is 6.06. The van der Waals surface area contributed by atoms with E-state index in [0.717, 1.165) is 12.3 Å². The van der Waals surface area contributed by atoms with E-state index in [9.17, 15) is 0 Å². The monoisotopic (exact) mass is 343 g/mol. The molecule has 0 spiro atoms. The van der Waals surface area contributed by atoms with E-state index in [1.165, 1.54) is 21.9 Å². The fourth-order valence-corrected chi connectivity index (χ4v) is 3.39. The molecule has 0 aliphatic rings. The Labute approximate surface area is 156 Å². The Kier molecular flexibility index (Phi) is 5.32. The molecule has 2 aromatic carbocycles. The lowest BCUT2D eigenvalue weighted by Crippen LogP contribution is -2.31. The molecule has 0 unspecified atom stereocenters. The number of allylic oxidation sites excluding steroid dienone is 1. The van der Waals surface area contributed by atoms with Crippen molar-refractivity contribution < 1.29 is 4.57 Å². The molecule has 0 fully saturated rings. The summed E-state index contributed by atoms with van der Waals surface area (Å²) < 4.78 is 2.23. The van der Waals surface area contributed by atoms with Crippen LogP contribution in [0.1, 0.15) is 31.9 Å². The van der Waals surface area contributed by atoms with Gasteiger partial charge < -0.3 is 0 Å². The molecule has 0 N–H and O–H groups in total. The molecular formula is C24H27N2+. The summed E-state index contributed by atoms with van der Waals surface area (Å²) in [7, 11) is 1.87. The van der Waals surface area contributed by atoms with Crippen LogP contribution < -0.4 is 4.57 Å². The molecule has 2 nitrogen and oxygen atoms in total. The minimum atomic E-state index is -0.141. The van der Waals surface area contributed by atoms with E-state index in [0.29, 0.717) is 0 Å². The first kappa shape index (κ1) is 18.1. The second-order valence-corrected chi connectivity index (χ2v) is 7.06. The first-order chi connectivity index (χ1) is 12.6. The second-order valence-electron chi connectivity index (χ2n) is 7.06. The van der Waals surface area contributed by atoms with Gasteiger partial charge in [0.05, 0.1) is 0 Å². The lowest BCUT2D eigenvalue weighted by molar-refractivity contribution is -0.692. The maximum Gasteiger partial charge on any atom is 0.176 e. The average Bonchev–Trinajstić information content (AvgIpc) is 2.68. The average molecular weight is 343 g/mol. The predicted molar refractivity (Wildman–Crippen MR) is 112 cm³/mol. The zero-order chi connectivity index (χ0) is 18.6. The maximum atomic E-state index is 4.60. The number of hydrogen-bond acceptors (Lipinski definition) is 1. The van der Waals surface area contributed by atoms with Crippen molar-refractivity contribution in [2.24, 2.45) is 4.99 Å². The summed E-state index contributed by atoms with van der Waals surface area (Å²) in [5, 5.41) is 2.52. The smallest absolute Gasteiger partial charge is 0.176 e. The minimum absolute atomic E-state index is 0.141. The number of aromatic nitrogens is 1. The van der Waals surface area contributed by atoms with E-state index in [4.69, 9.17) is 0 Å². The molecular weight excluding hydrogens is 316 g/mol. The predicted octanol–water partition coefficient (Wildman–Crippen LogP) is 5.21. The standard InChI is InChI=1S/C24H27N2/c1-5-26-17-19-11-9-10-14-22(19)20(18-26)15-16-23(25-4)24(2,3)21-12-7-6-8-13-21/h6-18H,5H2,1-4H3/q+1/b16-15+,25-23?. The van der Waals surface area contributed by atoms with Crippen LogP contribution in [0.5, 0.6) is 0 Å². The summed E-state index contributed by atoms with van der Waals surface area (Å²) in [5.41, 5.74) is 3.42. The van der Waals surface area contributed by atoms with Crippen molar-refractivity contribution in [3.05, 3.63) is 84.2 Å². The van der Waals surface area contributed by atoms with E-state index in [2.05, 4.69) is 109 Å². The Morgan fingerprint density at radius 3 is 2.38 bits per heavy atom. The van der Waals surface area contributed by atoms with Gasteiger partial charge in [0.2, 0.25) is 0 Å². The number of pyridine rings is 1. The van der Waals surface area contributed by atoms with E-state index in [1.54, 1.807) is 0 Å². The summed E-state index contributed by atoms with van der Waals surface area (Å²) in [5.74, 6) is 0. The zero-order valence-corrected chi connectivity index (χ0v) is 16.1. The van der Waals surface area contributed by atoms with Gasteiger partial charge in [0, 0.05) is 34.5 Å². The summed E-state index contributed by atoms with van der Waals surface area (Å²) in [6, 6.07) is 19.1. The Morgan fingerprint density at radius 1 is 1.00 bits per heavy atom. The third-order valence-electron chi connectivity index (χ3n) is 5.04. The topological polar surface area (TPSA) is 16.2 Å². The van der Waals surface area contributed by atoms with Gasteiger partial charge in [0.25, 0.3) is 0 Å². The highest BCUT2D eigenvalue weighted by atomic mass is 14.9. The first-order valence-electron chi connectivity index (χ1n) is 9.19. The van der Waals surface area contributed by atoms with Crippen LogP contribution in [0.3, 0.4) is 0 Å². The van der Waals surface area contributed by atoms with Gasteiger partial charge in [-0.15, -0.1) is 0 Å². The maximum absolute atomic E-state index is 4.60. The number of benzene rings is 2. The molecule has 3 aromatic rings. The van der Waals surface area contributed by atoms with Crippen molar-refractivity contribution in [1.29, 1.82) is 0 Å². The van der Waals surface area contributed by atoms with Crippen molar-refractivity contribution in [1.82, 2.24) is 0 Å². The molecule has 0 aliphatic carbocycles. The molecule has 1 heterocycles. The fourth-order valence-electron chi connectivity index (χ4n) is 3.39. The first-order valence-corrected chi connectivity index (χ1v) is 9.19. The zero-order valence-electron chi connectivity index (χ0n) is 16.1. The number of aliphatic imine (C=N–C) groups is 1. The molecule has 26 heavy (non-hydrogen) atoms. The number of fused-ring (bicyclic) bond motifs is 1. The quantitative estimate of drug-likeness (QED) is 0.447. The van der Waals surface area contributed by atoms with Gasteiger partial charge in [-0.25, -0.2) is 4.57 Å². The van der Waals surface area contributed by atoms with E-state index >= 15 is 0 Å². The lowest BCUT2D eigenvalue weighted by atomic mass is 9.79. The molecule has 0 bridgehead atoms. The molecule has 0 saturated carbocycles. The van der Waals surface area contributed by atoms with Gasteiger partial charge in [-0.1, -0.05) is 62.4 Å². The number of aryl methyl sites for hydroxylation is 1. The fraction of sp³-hybridized carbons (Fsp3) is 0.250. The molecule has 0 atom stereocenters. The number of nitrogens with zero attached hydrogens (tertiary/aromatic N) is 2. The van der Waals surface area contributed by atoms with Crippen molar-refractivity contribution in [2.45, 2.75) is 32.7 Å². The molecule has 1 aromatic heterocycles. The highest BCUT2D eigenvalue weighted by Crippen LogP contribution is 2.26. The summed E-state index contributed by atoms with van der Waals surface area (Å²) >= 11 is 0. The minimum Gasteiger partial charge on any atom is -0.292 e. The second kappa shape index (κ2) is 7.65. The summed E-state index contributed by atoms with van der Waals surface area (Å²) in [4.78, 5) is 4.60. The van der Waals surface area contributed by atoms with Crippen LogP contribution in [-0.4, -0.2) is 12.8 Å². The van der Waals surface area contributed by atoms with Crippen LogP contribution in [0.15, 0.2) is 78.1 Å². The molecule has 0 aliphatic heterocycles. The van der Waals surface area contributed by atoms with Crippen molar-refractivity contribution in [2.75, 3.05) is 7.05 Å². The Morgan fingerprint density at radius 2 is 1.69 bits per heavy atom. The summed E-state index contributed by atoms with van der Waals surface area (Å²) in [6.45, 7) is 7.57. The molecule has 132 valence electrons. The third-order valence-corrected chi connectivity index (χ3v) is 5.04. The van der Waals surface area contributed by atoms with Gasteiger partial charge >= 0.3 is 0 Å². The van der Waals surface area contributed by atoms with Crippen LogP contribution in [0.4, 0.5) is 0 Å². The van der Waals surface area contributed by atoms with Gasteiger partial charge in [0.1, 0.15) is 6.54 Å². The van der Waals surface area contributed by atoms with E-state index in [1.807, 2.05) is 7.05 Å². The molecule has 3 rings (SSSR count). The van der Waals surface area contributed by atoms with Gasteiger partial charge in [-0.05, 0) is 30.7 Å². The normalized spacial score (nSPS) is 12.8. The number of rotatable bonds is 5. The summed E-state index contributed by atoms with van der Waals surface area (Å²) in [6.07, 6.45) is 8.77. The van der Waals surface area contributed by atoms with Crippen LogP contribution in [0, 0.1) is 0 Å². The van der Waals surface area contributed by atoms with Crippen molar-refractivity contribution in [3.63, 3.8) is 0 Å². The molecule has 0 radical (unpaired) electrons. The molecule has 2 heteroatoms.